The Hall–Kier alpha value is -0.120. The minimum Gasteiger partial charge on any atom is -0.396 e. The molecule has 0 unspecified atom stereocenters. The molecule has 0 rings (SSSR count). The lowest BCUT2D eigenvalue weighted by Crippen LogP contribution is -2.41. The lowest BCUT2D eigenvalue weighted by molar-refractivity contribution is 0.0744. The molecular weight excluding hydrogens is 166 g/mol. The Morgan fingerprint density at radius 2 is 1.77 bits per heavy atom. The molecule has 13 heavy (non-hydrogen) atoms. The van der Waals surface area contributed by atoms with Gasteiger partial charge in [0.25, 0.3) is 0 Å². The van der Waals surface area contributed by atoms with Crippen LogP contribution in [0.4, 0.5) is 0 Å². The average Bonchev–Trinajstić information content (AvgIpc) is 2.03. The van der Waals surface area contributed by atoms with Crippen molar-refractivity contribution in [1.82, 2.24) is 4.90 Å². The second kappa shape index (κ2) is 5.58. The van der Waals surface area contributed by atoms with Crippen molar-refractivity contribution >= 4 is 0 Å². The summed E-state index contributed by atoms with van der Waals surface area (Å²) in [6.45, 7) is 10.1. The molecule has 0 aliphatic rings. The summed E-state index contributed by atoms with van der Waals surface area (Å²) in [7, 11) is 0. The van der Waals surface area contributed by atoms with Crippen molar-refractivity contribution in [2.45, 2.75) is 33.7 Å². The summed E-state index contributed by atoms with van der Waals surface area (Å²) >= 11 is 0. The van der Waals surface area contributed by atoms with E-state index in [1.54, 1.807) is 0 Å². The van der Waals surface area contributed by atoms with E-state index in [9.17, 15) is 0 Å². The van der Waals surface area contributed by atoms with Gasteiger partial charge in [0.15, 0.2) is 0 Å². The molecule has 0 aromatic heterocycles. The van der Waals surface area contributed by atoms with Crippen LogP contribution in [0, 0.1) is 5.41 Å². The zero-order valence-electron chi connectivity index (χ0n) is 9.25. The molecule has 0 atom stereocenters. The lowest BCUT2D eigenvalue weighted by atomic mass is 9.93. The van der Waals surface area contributed by atoms with E-state index in [4.69, 9.17) is 10.2 Å². The molecule has 0 aliphatic heterocycles. The Morgan fingerprint density at radius 1 is 1.23 bits per heavy atom. The zero-order chi connectivity index (χ0) is 10.5. The van der Waals surface area contributed by atoms with Crippen LogP contribution in [-0.2, 0) is 0 Å². The summed E-state index contributed by atoms with van der Waals surface area (Å²) < 4.78 is 0. The molecule has 0 bridgehead atoms. The lowest BCUT2D eigenvalue weighted by Gasteiger charge is -2.33. The van der Waals surface area contributed by atoms with Crippen molar-refractivity contribution in [3.63, 3.8) is 0 Å². The van der Waals surface area contributed by atoms with E-state index in [1.807, 2.05) is 13.8 Å². The van der Waals surface area contributed by atoms with E-state index in [0.29, 0.717) is 12.6 Å². The summed E-state index contributed by atoms with van der Waals surface area (Å²) in [6, 6.07) is 0.415. The van der Waals surface area contributed by atoms with Gasteiger partial charge in [0.1, 0.15) is 0 Å². The van der Waals surface area contributed by atoms with Gasteiger partial charge in [-0.1, -0.05) is 13.8 Å². The number of aliphatic hydroxyl groups excluding tert-OH is 2. The van der Waals surface area contributed by atoms with Crippen molar-refractivity contribution in [1.29, 1.82) is 0 Å². The van der Waals surface area contributed by atoms with Gasteiger partial charge in [0, 0.05) is 31.2 Å². The van der Waals surface area contributed by atoms with Crippen LogP contribution in [0.5, 0.6) is 0 Å². The minimum atomic E-state index is -0.0839. The largest absolute Gasteiger partial charge is 0.396 e. The van der Waals surface area contributed by atoms with E-state index >= 15 is 0 Å². The summed E-state index contributed by atoms with van der Waals surface area (Å²) in [5.41, 5.74) is -0.0839. The summed E-state index contributed by atoms with van der Waals surface area (Å²) in [5.74, 6) is 0. The number of hydrogen-bond donors (Lipinski definition) is 2. The number of hydrogen-bond acceptors (Lipinski definition) is 3. The fraction of sp³-hybridized carbons (Fsp3) is 1.00. The first-order valence-corrected chi connectivity index (χ1v) is 4.88. The van der Waals surface area contributed by atoms with Gasteiger partial charge >= 0.3 is 0 Å². The number of rotatable bonds is 6. The van der Waals surface area contributed by atoms with E-state index in [-0.39, 0.29) is 18.6 Å². The van der Waals surface area contributed by atoms with Gasteiger partial charge in [0.2, 0.25) is 0 Å². The van der Waals surface area contributed by atoms with Crippen LogP contribution >= 0.6 is 0 Å². The van der Waals surface area contributed by atoms with Crippen molar-refractivity contribution < 1.29 is 10.2 Å². The maximum absolute atomic E-state index is 9.10. The van der Waals surface area contributed by atoms with Crippen LogP contribution in [-0.4, -0.2) is 47.5 Å². The van der Waals surface area contributed by atoms with E-state index < -0.39 is 0 Å². The topological polar surface area (TPSA) is 43.7 Å². The van der Waals surface area contributed by atoms with Gasteiger partial charge in [-0.3, -0.25) is 4.90 Å². The first-order valence-electron chi connectivity index (χ1n) is 4.88. The maximum Gasteiger partial charge on any atom is 0.0558 e. The molecule has 3 nitrogen and oxygen atoms in total. The summed E-state index contributed by atoms with van der Waals surface area (Å²) in [6.07, 6.45) is 0. The quantitative estimate of drug-likeness (QED) is 0.646. The molecule has 0 aromatic carbocycles. The van der Waals surface area contributed by atoms with Crippen molar-refractivity contribution in [3.05, 3.63) is 0 Å². The van der Waals surface area contributed by atoms with Gasteiger partial charge in [-0.15, -0.1) is 0 Å². The molecule has 80 valence electrons. The molecule has 0 aliphatic carbocycles. The van der Waals surface area contributed by atoms with Crippen LogP contribution in [0.25, 0.3) is 0 Å². The molecule has 0 radical (unpaired) electrons. The average molecular weight is 189 g/mol. The SMILES string of the molecule is CC(C)N(CCO)CC(C)(C)CO. The maximum atomic E-state index is 9.10. The van der Waals surface area contributed by atoms with E-state index in [2.05, 4.69) is 18.7 Å². The predicted octanol–water partition coefficient (Wildman–Crippen LogP) is 0.708. The highest BCUT2D eigenvalue weighted by atomic mass is 16.3. The molecule has 0 heterocycles. The molecule has 0 spiro atoms. The fourth-order valence-electron chi connectivity index (χ4n) is 1.25. The molecule has 0 amide bonds. The molecule has 3 heteroatoms. The minimum absolute atomic E-state index is 0.0839. The van der Waals surface area contributed by atoms with Gasteiger partial charge in [-0.25, -0.2) is 0 Å². The third kappa shape index (κ3) is 5.24. The predicted molar refractivity (Wildman–Crippen MR) is 54.7 cm³/mol. The van der Waals surface area contributed by atoms with Crippen molar-refractivity contribution in [2.75, 3.05) is 26.3 Å². The van der Waals surface area contributed by atoms with E-state index in [0.717, 1.165) is 6.54 Å². The van der Waals surface area contributed by atoms with E-state index in [1.165, 1.54) is 0 Å². The van der Waals surface area contributed by atoms with Crippen LogP contribution in [0.3, 0.4) is 0 Å². The van der Waals surface area contributed by atoms with Crippen LogP contribution in [0.1, 0.15) is 27.7 Å². The second-order valence-corrected chi connectivity index (χ2v) is 4.61. The third-order valence-electron chi connectivity index (χ3n) is 2.18. The fourth-order valence-corrected chi connectivity index (χ4v) is 1.25. The summed E-state index contributed by atoms with van der Waals surface area (Å²) in [5, 5.41) is 18.0. The molecule has 0 saturated carbocycles. The van der Waals surface area contributed by atoms with Gasteiger partial charge in [-0.2, -0.15) is 0 Å². The Balaban J connectivity index is 4.08. The monoisotopic (exact) mass is 189 g/mol. The standard InChI is InChI=1S/C10H23NO2/c1-9(2)11(5-6-12)7-10(3,4)8-13/h9,12-13H,5-8H2,1-4H3. The number of aliphatic hydroxyl groups is 2. The first-order chi connectivity index (χ1) is 5.93. The molecule has 0 fully saturated rings. The molecule has 2 N–H and O–H groups in total. The van der Waals surface area contributed by atoms with Gasteiger partial charge in [-0.05, 0) is 13.8 Å². The third-order valence-corrected chi connectivity index (χ3v) is 2.18. The zero-order valence-corrected chi connectivity index (χ0v) is 9.25. The van der Waals surface area contributed by atoms with Gasteiger partial charge in [0.05, 0.1) is 6.61 Å². The summed E-state index contributed by atoms with van der Waals surface area (Å²) in [4.78, 5) is 2.18. The van der Waals surface area contributed by atoms with Crippen molar-refractivity contribution in [3.8, 4) is 0 Å². The Kier molecular flexibility index (Phi) is 5.53. The molecule has 0 saturated heterocycles. The first kappa shape index (κ1) is 12.9. The highest BCUT2D eigenvalue weighted by Gasteiger charge is 2.21. The molecule has 0 aromatic rings. The van der Waals surface area contributed by atoms with Crippen LogP contribution in [0.2, 0.25) is 0 Å². The number of nitrogens with zero attached hydrogens (tertiary/aromatic N) is 1. The van der Waals surface area contributed by atoms with Gasteiger partial charge < -0.3 is 10.2 Å². The van der Waals surface area contributed by atoms with Crippen LogP contribution in [0.15, 0.2) is 0 Å². The second-order valence-electron chi connectivity index (χ2n) is 4.61. The Bertz CT molecular complexity index is 135. The van der Waals surface area contributed by atoms with Crippen molar-refractivity contribution in [2.24, 2.45) is 5.41 Å². The smallest absolute Gasteiger partial charge is 0.0558 e. The normalized spacial score (nSPS) is 12.9. The molecular formula is C10H23NO2. The Labute approximate surface area is 81.4 Å². The highest BCUT2D eigenvalue weighted by Crippen LogP contribution is 2.16. The highest BCUT2D eigenvalue weighted by molar-refractivity contribution is 4.74. The Morgan fingerprint density at radius 3 is 2.08 bits per heavy atom. The van der Waals surface area contributed by atoms with Crippen LogP contribution < -0.4 is 0 Å².